The van der Waals surface area contributed by atoms with Gasteiger partial charge in [-0.15, -0.1) is 0 Å². The zero-order valence-electron chi connectivity index (χ0n) is 13.0. The Labute approximate surface area is 133 Å². The summed E-state index contributed by atoms with van der Waals surface area (Å²) < 4.78 is 37.5. The van der Waals surface area contributed by atoms with Crippen molar-refractivity contribution in [3.63, 3.8) is 0 Å². The topological polar surface area (TPSA) is 98.8 Å². The second-order valence-electron chi connectivity index (χ2n) is 5.38. The Bertz CT molecular complexity index is 454. The maximum absolute atomic E-state index is 11.5. The third-order valence-electron chi connectivity index (χ3n) is 3.68. The number of carbonyl (C=O) groups is 2. The van der Waals surface area contributed by atoms with E-state index in [1.165, 1.54) is 0 Å². The highest BCUT2D eigenvalue weighted by Crippen LogP contribution is 2.36. The summed E-state index contributed by atoms with van der Waals surface area (Å²) >= 11 is 0. The summed E-state index contributed by atoms with van der Waals surface area (Å²) in [5.74, 6) is -1.32. The van der Waals surface area contributed by atoms with Crippen molar-refractivity contribution in [2.45, 2.75) is 57.5 Å². The van der Waals surface area contributed by atoms with Crippen molar-refractivity contribution in [2.24, 2.45) is 0 Å². The smallest absolute Gasteiger partial charge is 0.317 e. The summed E-state index contributed by atoms with van der Waals surface area (Å²) in [4.78, 5) is 22.7. The monoisotopic (exact) mass is 332 g/mol. The molecule has 0 aromatic heterocycles. The van der Waals surface area contributed by atoms with Gasteiger partial charge in [0, 0.05) is 0 Å². The second kappa shape index (κ2) is 7.10. The van der Waals surface area contributed by atoms with E-state index in [0.29, 0.717) is 6.61 Å². The Morgan fingerprint density at radius 2 is 1.83 bits per heavy atom. The molecule has 0 aromatic rings. The Balaban J connectivity index is 1.43. The minimum absolute atomic E-state index is 0.127. The van der Waals surface area contributed by atoms with Gasteiger partial charge in [-0.1, -0.05) is 0 Å². The fraction of sp³-hybridized carbons (Fsp3) is 0.857. The van der Waals surface area contributed by atoms with Crippen LogP contribution in [-0.2, 0) is 42.7 Å². The molecule has 3 aliphatic heterocycles. The fourth-order valence-corrected chi connectivity index (χ4v) is 2.71. The maximum atomic E-state index is 11.5. The van der Waals surface area contributed by atoms with Crippen LogP contribution in [0.2, 0.25) is 0 Å². The van der Waals surface area contributed by atoms with E-state index in [0.717, 1.165) is 0 Å². The van der Waals surface area contributed by atoms with Crippen molar-refractivity contribution >= 4 is 11.9 Å². The molecule has 130 valence electrons. The third kappa shape index (κ3) is 3.81. The Morgan fingerprint density at radius 1 is 1.04 bits per heavy atom. The summed E-state index contributed by atoms with van der Waals surface area (Å²) in [6, 6.07) is 0. The van der Waals surface area contributed by atoms with Crippen LogP contribution in [0.5, 0.6) is 0 Å². The van der Waals surface area contributed by atoms with Crippen LogP contribution in [-0.4, -0.2) is 68.9 Å². The summed E-state index contributed by atoms with van der Waals surface area (Å²) in [5, 5.41) is 0. The molecular weight excluding hydrogens is 312 g/mol. The van der Waals surface area contributed by atoms with E-state index in [4.69, 9.17) is 28.4 Å². The first-order valence-corrected chi connectivity index (χ1v) is 7.61. The van der Waals surface area contributed by atoms with Crippen LogP contribution < -0.4 is 0 Å². The lowest BCUT2D eigenvalue weighted by Gasteiger charge is -2.31. The molecule has 0 amide bonds. The van der Waals surface area contributed by atoms with Crippen LogP contribution in [0.25, 0.3) is 0 Å². The number of rotatable bonds is 5. The van der Waals surface area contributed by atoms with E-state index >= 15 is 0 Å². The molecule has 6 unspecified atom stereocenters. The van der Waals surface area contributed by atoms with E-state index in [9.17, 15) is 9.59 Å². The highest BCUT2D eigenvalue weighted by atomic mass is 16.9. The van der Waals surface area contributed by atoms with E-state index in [2.05, 4.69) is 4.74 Å². The molecular formula is C14H20O9. The molecule has 0 bridgehead atoms. The Kier molecular flexibility index (Phi) is 5.12. The number of hydrogen-bond acceptors (Lipinski definition) is 9. The van der Waals surface area contributed by atoms with Crippen LogP contribution in [0.3, 0.4) is 0 Å². The van der Waals surface area contributed by atoms with Gasteiger partial charge in [0.25, 0.3) is 0 Å². The van der Waals surface area contributed by atoms with E-state index in [1.54, 1.807) is 13.8 Å². The average Bonchev–Trinajstić information content (AvgIpc) is 3.03. The SMILES string of the molecule is CCOC(=O)CC(=O)OCC1OC2OC3COC(C)OC3C2O1. The van der Waals surface area contributed by atoms with E-state index in [1.807, 2.05) is 0 Å². The lowest BCUT2D eigenvalue weighted by atomic mass is 10.1. The molecule has 3 saturated heterocycles. The fourth-order valence-electron chi connectivity index (χ4n) is 2.71. The Hall–Kier alpha value is -1.26. The van der Waals surface area contributed by atoms with Crippen molar-refractivity contribution in [3.8, 4) is 0 Å². The number of ether oxygens (including phenoxy) is 7. The minimum Gasteiger partial charge on any atom is -0.466 e. The zero-order valence-corrected chi connectivity index (χ0v) is 13.0. The first kappa shape index (κ1) is 16.6. The van der Waals surface area contributed by atoms with Gasteiger partial charge in [-0.05, 0) is 13.8 Å². The lowest BCUT2D eigenvalue weighted by molar-refractivity contribution is -0.265. The third-order valence-corrected chi connectivity index (χ3v) is 3.68. The lowest BCUT2D eigenvalue weighted by Crippen LogP contribution is -2.45. The number of fused-ring (bicyclic) bond motifs is 3. The van der Waals surface area contributed by atoms with Crippen LogP contribution in [0.15, 0.2) is 0 Å². The molecule has 0 spiro atoms. The molecule has 3 heterocycles. The van der Waals surface area contributed by atoms with Gasteiger partial charge in [-0.25, -0.2) is 0 Å². The first-order valence-electron chi connectivity index (χ1n) is 7.61. The molecule has 23 heavy (non-hydrogen) atoms. The zero-order chi connectivity index (χ0) is 16.4. The van der Waals surface area contributed by atoms with E-state index < -0.39 is 30.9 Å². The summed E-state index contributed by atoms with van der Waals surface area (Å²) in [7, 11) is 0. The van der Waals surface area contributed by atoms with Crippen molar-refractivity contribution in [1.82, 2.24) is 0 Å². The van der Waals surface area contributed by atoms with Crippen LogP contribution >= 0.6 is 0 Å². The van der Waals surface area contributed by atoms with Crippen molar-refractivity contribution in [2.75, 3.05) is 19.8 Å². The summed E-state index contributed by atoms with van der Waals surface area (Å²) in [6.45, 7) is 3.97. The molecule has 0 N–H and O–H groups in total. The van der Waals surface area contributed by atoms with Gasteiger partial charge >= 0.3 is 11.9 Å². The quantitative estimate of drug-likeness (QED) is 0.497. The van der Waals surface area contributed by atoms with Crippen molar-refractivity contribution < 1.29 is 42.7 Å². The van der Waals surface area contributed by atoms with Crippen LogP contribution in [0, 0.1) is 0 Å². The largest absolute Gasteiger partial charge is 0.466 e. The van der Waals surface area contributed by atoms with Crippen molar-refractivity contribution in [3.05, 3.63) is 0 Å². The molecule has 3 fully saturated rings. The molecule has 9 heteroatoms. The van der Waals surface area contributed by atoms with E-state index in [-0.39, 0.29) is 37.8 Å². The Morgan fingerprint density at radius 3 is 2.61 bits per heavy atom. The van der Waals surface area contributed by atoms with Gasteiger partial charge in [0.1, 0.15) is 31.3 Å². The molecule has 0 aliphatic carbocycles. The van der Waals surface area contributed by atoms with Gasteiger partial charge in [-0.2, -0.15) is 0 Å². The summed E-state index contributed by atoms with van der Waals surface area (Å²) in [6.07, 6.45) is -2.99. The summed E-state index contributed by atoms with van der Waals surface area (Å²) in [5.41, 5.74) is 0. The first-order chi connectivity index (χ1) is 11.1. The molecule has 0 radical (unpaired) electrons. The predicted molar refractivity (Wildman–Crippen MR) is 70.9 cm³/mol. The second-order valence-corrected chi connectivity index (χ2v) is 5.38. The van der Waals surface area contributed by atoms with Gasteiger partial charge in [0.15, 0.2) is 18.9 Å². The highest BCUT2D eigenvalue weighted by Gasteiger charge is 2.55. The van der Waals surface area contributed by atoms with Crippen molar-refractivity contribution in [1.29, 1.82) is 0 Å². The average molecular weight is 332 g/mol. The molecule has 3 aliphatic rings. The highest BCUT2D eigenvalue weighted by molar-refractivity contribution is 5.91. The molecule has 0 aromatic carbocycles. The standard InChI is InChI=1S/C14H20O9/c1-3-17-9(15)4-10(16)19-6-11-22-13-12-8(21-14(13)23-11)5-18-7(2)20-12/h7-8,11-14H,3-6H2,1-2H3. The molecule has 3 rings (SSSR count). The predicted octanol–water partition coefficient (Wildman–Crippen LogP) is -0.289. The van der Waals surface area contributed by atoms with Crippen LogP contribution in [0.4, 0.5) is 0 Å². The molecule has 6 atom stereocenters. The number of esters is 2. The number of hydrogen-bond donors (Lipinski definition) is 0. The molecule has 9 nitrogen and oxygen atoms in total. The minimum atomic E-state index is -0.751. The van der Waals surface area contributed by atoms with Gasteiger partial charge in [0.2, 0.25) is 0 Å². The number of carbonyl (C=O) groups excluding carboxylic acids is 2. The van der Waals surface area contributed by atoms with Gasteiger partial charge < -0.3 is 33.2 Å². The van der Waals surface area contributed by atoms with Gasteiger partial charge in [-0.3, -0.25) is 9.59 Å². The van der Waals surface area contributed by atoms with Crippen LogP contribution in [0.1, 0.15) is 20.3 Å². The molecule has 0 saturated carbocycles. The van der Waals surface area contributed by atoms with Gasteiger partial charge in [0.05, 0.1) is 13.2 Å². The maximum Gasteiger partial charge on any atom is 0.317 e. The normalized spacial score (nSPS) is 38.7.